The van der Waals surface area contributed by atoms with E-state index in [0.29, 0.717) is 31.1 Å². The molecule has 0 saturated carbocycles. The maximum atomic E-state index is 5.70. The van der Waals surface area contributed by atoms with Gasteiger partial charge in [0.05, 0.1) is 12.3 Å². The first-order valence-corrected chi connectivity index (χ1v) is 4.28. The molecule has 0 fully saturated rings. The lowest BCUT2D eigenvalue weighted by molar-refractivity contribution is 0.180. The lowest BCUT2D eigenvalue weighted by Gasteiger charge is -2.09. The number of hydrogen-bond donors (Lipinski definition) is 3. The number of nitrogen functional groups attached to an aromatic ring is 2. The summed E-state index contributed by atoms with van der Waals surface area (Å²) in [6, 6.07) is 0. The molecule has 1 heterocycles. The number of ether oxygens (including phenoxy) is 1. The van der Waals surface area contributed by atoms with Gasteiger partial charge in [-0.3, -0.25) is 0 Å². The second-order valence-electron chi connectivity index (χ2n) is 2.86. The maximum absolute atomic E-state index is 5.70. The van der Waals surface area contributed by atoms with Gasteiger partial charge in [0.2, 0.25) is 5.95 Å². The molecule has 1 rings (SSSR count). The summed E-state index contributed by atoms with van der Waals surface area (Å²) in [4.78, 5) is 7.92. The molecule has 0 amide bonds. The maximum Gasteiger partial charge on any atom is 0.222 e. The second kappa shape index (κ2) is 4.73. The fraction of sp³-hybridized carbons (Fsp3) is 0.500. The van der Waals surface area contributed by atoms with E-state index in [-0.39, 0.29) is 5.95 Å². The second-order valence-corrected chi connectivity index (χ2v) is 2.86. The molecule has 0 spiro atoms. The van der Waals surface area contributed by atoms with Crippen LogP contribution >= 0.6 is 0 Å². The van der Waals surface area contributed by atoms with Crippen LogP contribution in [0.15, 0.2) is 0 Å². The first-order chi connectivity index (χ1) is 6.69. The average molecular weight is 197 g/mol. The minimum atomic E-state index is 0.162. The van der Waals surface area contributed by atoms with Crippen LogP contribution in [0.4, 0.5) is 11.8 Å². The summed E-state index contributed by atoms with van der Waals surface area (Å²) in [5.41, 5.74) is 18.1. The zero-order valence-electron chi connectivity index (χ0n) is 8.16. The molecule has 0 aliphatic carbocycles. The van der Waals surface area contributed by atoms with E-state index in [4.69, 9.17) is 21.9 Å². The lowest BCUT2D eigenvalue weighted by atomic mass is 10.1. The molecule has 14 heavy (non-hydrogen) atoms. The predicted octanol–water partition coefficient (Wildman–Crippen LogP) is -0.711. The summed E-state index contributed by atoms with van der Waals surface area (Å²) in [5, 5.41) is 0. The van der Waals surface area contributed by atoms with Gasteiger partial charge in [0, 0.05) is 12.7 Å². The van der Waals surface area contributed by atoms with Crippen molar-refractivity contribution in [1.82, 2.24) is 9.97 Å². The molecule has 6 N–H and O–H groups in total. The molecule has 78 valence electrons. The molecule has 0 radical (unpaired) electrons. The number of methoxy groups -OCH3 is 1. The minimum Gasteiger partial charge on any atom is -0.383 e. The van der Waals surface area contributed by atoms with Crippen LogP contribution in [0.5, 0.6) is 0 Å². The van der Waals surface area contributed by atoms with Crippen LogP contribution in [0.1, 0.15) is 11.3 Å². The van der Waals surface area contributed by atoms with E-state index in [1.165, 1.54) is 0 Å². The van der Waals surface area contributed by atoms with Crippen LogP contribution < -0.4 is 17.2 Å². The Morgan fingerprint density at radius 3 is 2.57 bits per heavy atom. The van der Waals surface area contributed by atoms with E-state index in [1.807, 2.05) is 0 Å². The molecule has 0 bridgehead atoms. The van der Waals surface area contributed by atoms with E-state index in [1.54, 1.807) is 7.11 Å². The van der Waals surface area contributed by atoms with Crippen molar-refractivity contribution in [2.45, 2.75) is 13.0 Å². The highest BCUT2D eigenvalue weighted by molar-refractivity contribution is 5.45. The number of nitrogens with two attached hydrogens (primary N) is 3. The molecule has 0 atom stereocenters. The van der Waals surface area contributed by atoms with E-state index in [2.05, 4.69) is 9.97 Å². The lowest BCUT2D eigenvalue weighted by Crippen LogP contribution is -2.13. The minimum absolute atomic E-state index is 0.162. The Labute approximate surface area is 82.5 Å². The van der Waals surface area contributed by atoms with Gasteiger partial charge in [0.15, 0.2) is 0 Å². The quantitative estimate of drug-likeness (QED) is 0.587. The number of nitrogens with zero attached hydrogens (tertiary/aromatic N) is 2. The van der Waals surface area contributed by atoms with Gasteiger partial charge < -0.3 is 21.9 Å². The summed E-state index contributed by atoms with van der Waals surface area (Å²) >= 11 is 0. The summed E-state index contributed by atoms with van der Waals surface area (Å²) < 4.78 is 4.98. The third-order valence-electron chi connectivity index (χ3n) is 1.82. The van der Waals surface area contributed by atoms with Gasteiger partial charge in [0.1, 0.15) is 5.82 Å². The van der Waals surface area contributed by atoms with Gasteiger partial charge in [-0.05, 0) is 13.0 Å². The molecule has 6 heteroatoms. The van der Waals surface area contributed by atoms with Crippen molar-refractivity contribution in [3.63, 3.8) is 0 Å². The first kappa shape index (κ1) is 10.7. The van der Waals surface area contributed by atoms with E-state index in [0.717, 1.165) is 5.56 Å². The molecule has 6 nitrogen and oxygen atoms in total. The molecule has 0 aromatic carbocycles. The van der Waals surface area contributed by atoms with Crippen molar-refractivity contribution in [3.05, 3.63) is 11.3 Å². The van der Waals surface area contributed by atoms with Crippen molar-refractivity contribution in [1.29, 1.82) is 0 Å². The molecule has 1 aromatic rings. The predicted molar refractivity (Wildman–Crippen MR) is 54.3 cm³/mol. The smallest absolute Gasteiger partial charge is 0.222 e. The topological polar surface area (TPSA) is 113 Å². The van der Waals surface area contributed by atoms with Gasteiger partial charge in [-0.25, -0.2) is 4.98 Å². The Hall–Kier alpha value is -1.40. The van der Waals surface area contributed by atoms with Gasteiger partial charge in [-0.15, -0.1) is 0 Å². The first-order valence-electron chi connectivity index (χ1n) is 4.28. The number of hydrogen-bond acceptors (Lipinski definition) is 6. The van der Waals surface area contributed by atoms with E-state index < -0.39 is 0 Å². The van der Waals surface area contributed by atoms with Crippen LogP contribution in [-0.4, -0.2) is 23.6 Å². The van der Waals surface area contributed by atoms with E-state index >= 15 is 0 Å². The Morgan fingerprint density at radius 2 is 2.00 bits per heavy atom. The van der Waals surface area contributed by atoms with Crippen molar-refractivity contribution < 1.29 is 4.74 Å². The van der Waals surface area contributed by atoms with E-state index in [9.17, 15) is 0 Å². The summed E-state index contributed by atoms with van der Waals surface area (Å²) in [5.74, 6) is 0.547. The van der Waals surface area contributed by atoms with Gasteiger partial charge >= 0.3 is 0 Å². The van der Waals surface area contributed by atoms with Crippen LogP contribution in [0.3, 0.4) is 0 Å². The Morgan fingerprint density at radius 1 is 1.29 bits per heavy atom. The average Bonchev–Trinajstić information content (AvgIpc) is 2.11. The van der Waals surface area contributed by atoms with Crippen molar-refractivity contribution in [2.75, 3.05) is 25.1 Å². The van der Waals surface area contributed by atoms with Crippen LogP contribution in [0.25, 0.3) is 0 Å². The Balaban J connectivity index is 3.07. The third kappa shape index (κ3) is 2.30. The zero-order chi connectivity index (χ0) is 10.6. The molecular formula is C8H15N5O. The zero-order valence-corrected chi connectivity index (χ0v) is 8.16. The number of rotatable bonds is 4. The largest absolute Gasteiger partial charge is 0.383 e. The van der Waals surface area contributed by atoms with Gasteiger partial charge in [-0.1, -0.05) is 0 Å². The molecule has 0 saturated heterocycles. The normalized spacial score (nSPS) is 10.4. The Kier molecular flexibility index (Phi) is 3.61. The molecule has 0 aliphatic heterocycles. The number of aromatic nitrogens is 2. The van der Waals surface area contributed by atoms with Crippen LogP contribution in [0.2, 0.25) is 0 Å². The molecule has 0 aliphatic rings. The number of anilines is 2. The van der Waals surface area contributed by atoms with Crippen molar-refractivity contribution >= 4 is 11.8 Å². The van der Waals surface area contributed by atoms with Gasteiger partial charge in [-0.2, -0.15) is 4.98 Å². The summed E-state index contributed by atoms with van der Waals surface area (Å²) in [6.45, 7) is 0.862. The fourth-order valence-corrected chi connectivity index (χ4v) is 1.24. The summed E-state index contributed by atoms with van der Waals surface area (Å²) in [7, 11) is 1.58. The van der Waals surface area contributed by atoms with Crippen molar-refractivity contribution in [2.24, 2.45) is 5.73 Å². The monoisotopic (exact) mass is 197 g/mol. The summed E-state index contributed by atoms with van der Waals surface area (Å²) in [6.07, 6.45) is 0.630. The SMILES string of the molecule is COCc1nc(N)nc(N)c1CCN. The van der Waals surface area contributed by atoms with Crippen LogP contribution in [-0.2, 0) is 17.8 Å². The van der Waals surface area contributed by atoms with Crippen LogP contribution in [0, 0.1) is 0 Å². The third-order valence-corrected chi connectivity index (χ3v) is 1.82. The highest BCUT2D eigenvalue weighted by Crippen LogP contribution is 2.15. The molecule has 1 aromatic heterocycles. The van der Waals surface area contributed by atoms with Gasteiger partial charge in [0.25, 0.3) is 0 Å². The Bertz CT molecular complexity index is 315. The standard InChI is InChI=1S/C8H15N5O/c1-14-4-6-5(2-3-9)7(10)13-8(11)12-6/h2-4,9H2,1H3,(H4,10,11,12,13). The fourth-order valence-electron chi connectivity index (χ4n) is 1.24. The highest BCUT2D eigenvalue weighted by Gasteiger charge is 2.09. The highest BCUT2D eigenvalue weighted by atomic mass is 16.5. The van der Waals surface area contributed by atoms with Crippen molar-refractivity contribution in [3.8, 4) is 0 Å². The molecular weight excluding hydrogens is 182 g/mol. The molecule has 0 unspecified atom stereocenters.